The van der Waals surface area contributed by atoms with E-state index < -0.39 is 11.7 Å². The van der Waals surface area contributed by atoms with Gasteiger partial charge >= 0.3 is 6.18 Å². The van der Waals surface area contributed by atoms with Gasteiger partial charge in [-0.2, -0.15) is 13.2 Å². The van der Waals surface area contributed by atoms with Gasteiger partial charge in [-0.3, -0.25) is 0 Å². The molecule has 0 spiro atoms. The van der Waals surface area contributed by atoms with E-state index in [1.165, 1.54) is 12.1 Å². The third kappa shape index (κ3) is 3.00. The van der Waals surface area contributed by atoms with Gasteiger partial charge in [-0.1, -0.05) is 18.2 Å². The normalized spacial score (nSPS) is 25.2. The lowest BCUT2D eigenvalue weighted by Gasteiger charge is -2.24. The summed E-state index contributed by atoms with van der Waals surface area (Å²) >= 11 is 0. The van der Waals surface area contributed by atoms with Crippen molar-refractivity contribution in [3.63, 3.8) is 0 Å². The van der Waals surface area contributed by atoms with Gasteiger partial charge in [0.05, 0.1) is 5.56 Å². The second-order valence-corrected chi connectivity index (χ2v) is 4.97. The van der Waals surface area contributed by atoms with Crippen molar-refractivity contribution in [2.24, 2.45) is 0 Å². The van der Waals surface area contributed by atoms with E-state index in [9.17, 15) is 13.2 Å². The van der Waals surface area contributed by atoms with Gasteiger partial charge in [-0.05, 0) is 44.4 Å². The summed E-state index contributed by atoms with van der Waals surface area (Å²) < 4.78 is 37.7. The van der Waals surface area contributed by atoms with Crippen LogP contribution in [0.2, 0.25) is 0 Å². The molecule has 0 aromatic heterocycles. The van der Waals surface area contributed by atoms with Crippen LogP contribution >= 0.6 is 0 Å². The minimum absolute atomic E-state index is 0.0514. The van der Waals surface area contributed by atoms with E-state index in [1.54, 1.807) is 6.07 Å². The van der Waals surface area contributed by atoms with Crippen LogP contribution in [0, 0.1) is 0 Å². The van der Waals surface area contributed by atoms with Gasteiger partial charge in [0.15, 0.2) is 0 Å². The molecule has 1 nitrogen and oxygen atoms in total. The van der Waals surface area contributed by atoms with Crippen LogP contribution in [0.3, 0.4) is 0 Å². The first-order valence-corrected chi connectivity index (χ1v) is 5.80. The van der Waals surface area contributed by atoms with Crippen molar-refractivity contribution in [1.29, 1.82) is 0 Å². The Bertz CT molecular complexity index is 392. The van der Waals surface area contributed by atoms with Gasteiger partial charge in [0.25, 0.3) is 0 Å². The predicted molar refractivity (Wildman–Crippen MR) is 60.8 cm³/mol. The van der Waals surface area contributed by atoms with Crippen LogP contribution in [0.1, 0.15) is 30.9 Å². The molecule has 1 aliphatic rings. The zero-order valence-electron chi connectivity index (χ0n) is 9.77. The van der Waals surface area contributed by atoms with Crippen molar-refractivity contribution in [2.75, 3.05) is 6.54 Å². The van der Waals surface area contributed by atoms with Crippen LogP contribution in [0.25, 0.3) is 0 Å². The Morgan fingerprint density at radius 2 is 2.12 bits per heavy atom. The van der Waals surface area contributed by atoms with Crippen LogP contribution in [0.15, 0.2) is 24.3 Å². The number of hydrogen-bond acceptors (Lipinski definition) is 1. The second-order valence-electron chi connectivity index (χ2n) is 4.97. The van der Waals surface area contributed by atoms with Crippen molar-refractivity contribution >= 4 is 0 Å². The summed E-state index contributed by atoms with van der Waals surface area (Å²) in [6.07, 6.45) is -1.49. The molecule has 1 atom stereocenters. The highest BCUT2D eigenvalue weighted by atomic mass is 19.4. The molecule has 17 heavy (non-hydrogen) atoms. The standard InChI is InChI=1S/C13H16F3N/c1-12(6-3-7-17-12)9-10-4-2-5-11(8-10)13(14,15)16/h2,4-5,8,17H,3,6-7,9H2,1H3. The van der Waals surface area contributed by atoms with Gasteiger partial charge < -0.3 is 5.32 Å². The van der Waals surface area contributed by atoms with Crippen molar-refractivity contribution in [2.45, 2.75) is 37.9 Å². The Kier molecular flexibility index (Phi) is 3.17. The topological polar surface area (TPSA) is 12.0 Å². The maximum Gasteiger partial charge on any atom is 0.416 e. The minimum Gasteiger partial charge on any atom is -0.311 e. The molecule has 0 radical (unpaired) electrons. The lowest BCUT2D eigenvalue weighted by molar-refractivity contribution is -0.137. The molecule has 1 N–H and O–H groups in total. The molecule has 0 amide bonds. The van der Waals surface area contributed by atoms with E-state index >= 15 is 0 Å². The number of halogens is 3. The fourth-order valence-corrected chi connectivity index (χ4v) is 2.42. The Morgan fingerprint density at radius 3 is 2.71 bits per heavy atom. The maximum absolute atomic E-state index is 12.6. The zero-order valence-corrected chi connectivity index (χ0v) is 9.77. The van der Waals surface area contributed by atoms with Gasteiger partial charge in [0.1, 0.15) is 0 Å². The van der Waals surface area contributed by atoms with E-state index in [1.807, 2.05) is 0 Å². The molecular weight excluding hydrogens is 227 g/mol. The SMILES string of the molecule is CC1(Cc2cccc(C(F)(F)F)c2)CCCN1. The Morgan fingerprint density at radius 1 is 1.35 bits per heavy atom. The van der Waals surface area contributed by atoms with Crippen molar-refractivity contribution in [3.8, 4) is 0 Å². The van der Waals surface area contributed by atoms with Crippen molar-refractivity contribution in [1.82, 2.24) is 5.32 Å². The molecule has 1 aromatic rings. The van der Waals surface area contributed by atoms with Gasteiger partial charge in [-0.25, -0.2) is 0 Å². The Labute approximate surface area is 99.0 Å². The van der Waals surface area contributed by atoms with Crippen LogP contribution in [-0.2, 0) is 12.6 Å². The van der Waals surface area contributed by atoms with E-state index in [-0.39, 0.29) is 5.54 Å². The number of alkyl halides is 3. The van der Waals surface area contributed by atoms with Gasteiger partial charge in [0, 0.05) is 5.54 Å². The first kappa shape index (κ1) is 12.4. The van der Waals surface area contributed by atoms with Crippen LogP contribution < -0.4 is 5.32 Å². The maximum atomic E-state index is 12.6. The van der Waals surface area contributed by atoms with E-state index in [0.29, 0.717) is 6.42 Å². The monoisotopic (exact) mass is 243 g/mol. The molecule has 1 aliphatic heterocycles. The molecular formula is C13H16F3N. The number of hydrogen-bond donors (Lipinski definition) is 1. The third-order valence-electron chi connectivity index (χ3n) is 3.31. The summed E-state index contributed by atoms with van der Waals surface area (Å²) in [5.74, 6) is 0. The van der Waals surface area contributed by atoms with Gasteiger partial charge in [-0.15, -0.1) is 0 Å². The lowest BCUT2D eigenvalue weighted by atomic mass is 9.91. The summed E-state index contributed by atoms with van der Waals surface area (Å²) in [7, 11) is 0. The molecule has 1 fully saturated rings. The van der Waals surface area contributed by atoms with Crippen molar-refractivity contribution < 1.29 is 13.2 Å². The molecule has 0 aliphatic carbocycles. The van der Waals surface area contributed by atoms with Crippen molar-refractivity contribution in [3.05, 3.63) is 35.4 Å². The smallest absolute Gasteiger partial charge is 0.311 e. The van der Waals surface area contributed by atoms with Gasteiger partial charge in [0.2, 0.25) is 0 Å². The quantitative estimate of drug-likeness (QED) is 0.839. The van der Waals surface area contributed by atoms with E-state index in [0.717, 1.165) is 31.0 Å². The fourth-order valence-electron chi connectivity index (χ4n) is 2.42. The first-order valence-electron chi connectivity index (χ1n) is 5.80. The average Bonchev–Trinajstić information content (AvgIpc) is 2.64. The number of rotatable bonds is 2. The van der Waals surface area contributed by atoms with E-state index in [4.69, 9.17) is 0 Å². The third-order valence-corrected chi connectivity index (χ3v) is 3.31. The Balaban J connectivity index is 2.17. The van der Waals surface area contributed by atoms with Crippen LogP contribution in [-0.4, -0.2) is 12.1 Å². The number of nitrogens with one attached hydrogen (secondary N) is 1. The summed E-state index contributed by atoms with van der Waals surface area (Å²) in [6, 6.07) is 5.62. The zero-order chi connectivity index (χ0) is 12.5. The molecule has 94 valence electrons. The summed E-state index contributed by atoms with van der Waals surface area (Å²) in [6.45, 7) is 3.02. The second kappa shape index (κ2) is 4.33. The summed E-state index contributed by atoms with van der Waals surface area (Å²) in [5, 5.41) is 3.36. The molecule has 1 heterocycles. The largest absolute Gasteiger partial charge is 0.416 e. The molecule has 2 rings (SSSR count). The summed E-state index contributed by atoms with van der Waals surface area (Å²) in [5.41, 5.74) is 0.137. The molecule has 1 aromatic carbocycles. The van der Waals surface area contributed by atoms with E-state index in [2.05, 4.69) is 12.2 Å². The predicted octanol–water partition coefficient (Wildman–Crippen LogP) is 3.39. The molecule has 0 bridgehead atoms. The highest BCUT2D eigenvalue weighted by Crippen LogP contribution is 2.31. The molecule has 1 unspecified atom stereocenters. The average molecular weight is 243 g/mol. The first-order chi connectivity index (χ1) is 7.89. The molecule has 1 saturated heterocycles. The van der Waals surface area contributed by atoms with Crippen LogP contribution in [0.5, 0.6) is 0 Å². The highest BCUT2D eigenvalue weighted by Gasteiger charge is 2.32. The van der Waals surface area contributed by atoms with Crippen LogP contribution in [0.4, 0.5) is 13.2 Å². The highest BCUT2D eigenvalue weighted by molar-refractivity contribution is 5.27. The summed E-state index contributed by atoms with van der Waals surface area (Å²) in [4.78, 5) is 0. The fraction of sp³-hybridized carbons (Fsp3) is 0.538. The lowest BCUT2D eigenvalue weighted by Crippen LogP contribution is -2.38. The minimum atomic E-state index is -4.25. The number of benzene rings is 1. The molecule has 4 heteroatoms. The Hall–Kier alpha value is -1.03. The molecule has 0 saturated carbocycles.